The zero-order chi connectivity index (χ0) is 24.4. The van der Waals surface area contributed by atoms with E-state index < -0.39 is 10.0 Å². The minimum atomic E-state index is -3.53. The van der Waals surface area contributed by atoms with Crippen molar-refractivity contribution in [2.75, 3.05) is 18.0 Å². The standard InChI is InChI=1S/C27H27N3O3S2/c1-2-20-10-15-24-25(18-20)34-27(28-24)30(19-21-8-4-3-5-9-21)26(31)22-11-13-23(14-12-22)35(32,33)29-16-6-7-17-29/h3-5,8-15,18H,2,6-7,16-17,19H2,1H3. The predicted molar refractivity (Wildman–Crippen MR) is 140 cm³/mol. The Morgan fingerprint density at radius 3 is 2.37 bits per heavy atom. The highest BCUT2D eigenvalue weighted by atomic mass is 32.2. The summed E-state index contributed by atoms with van der Waals surface area (Å²) in [6.07, 6.45) is 2.70. The lowest BCUT2D eigenvalue weighted by Gasteiger charge is -2.20. The fraction of sp³-hybridized carbons (Fsp3) is 0.259. The summed E-state index contributed by atoms with van der Waals surface area (Å²) in [4.78, 5) is 20.4. The van der Waals surface area contributed by atoms with Gasteiger partial charge in [0, 0.05) is 18.7 Å². The van der Waals surface area contributed by atoms with Crippen LogP contribution in [0.3, 0.4) is 0 Å². The second-order valence-electron chi connectivity index (χ2n) is 8.66. The molecule has 3 aromatic carbocycles. The number of carbonyl (C=O) groups is 1. The number of amides is 1. The van der Waals surface area contributed by atoms with Gasteiger partial charge in [0.05, 0.1) is 21.7 Å². The maximum absolute atomic E-state index is 13.7. The van der Waals surface area contributed by atoms with Gasteiger partial charge in [0.25, 0.3) is 5.91 Å². The van der Waals surface area contributed by atoms with E-state index in [0.29, 0.717) is 30.3 Å². The van der Waals surface area contributed by atoms with Crippen molar-refractivity contribution >= 4 is 42.6 Å². The normalized spacial score (nSPS) is 14.4. The number of sulfonamides is 1. The molecule has 0 N–H and O–H groups in total. The first-order valence-electron chi connectivity index (χ1n) is 11.8. The van der Waals surface area contributed by atoms with E-state index in [4.69, 9.17) is 4.98 Å². The molecule has 0 spiro atoms. The summed E-state index contributed by atoms with van der Waals surface area (Å²) < 4.78 is 28.3. The molecule has 5 rings (SSSR count). The van der Waals surface area contributed by atoms with E-state index in [1.165, 1.54) is 33.3 Å². The van der Waals surface area contributed by atoms with E-state index in [-0.39, 0.29) is 10.8 Å². The Bertz CT molecular complexity index is 1440. The quantitative estimate of drug-likeness (QED) is 0.333. The maximum atomic E-state index is 13.7. The number of fused-ring (bicyclic) bond motifs is 1. The molecule has 1 amide bonds. The van der Waals surface area contributed by atoms with Crippen LogP contribution < -0.4 is 4.90 Å². The van der Waals surface area contributed by atoms with Crippen molar-refractivity contribution in [1.29, 1.82) is 0 Å². The van der Waals surface area contributed by atoms with Crippen LogP contribution in [-0.2, 0) is 23.0 Å². The smallest absolute Gasteiger partial charge is 0.260 e. The second-order valence-corrected chi connectivity index (χ2v) is 11.6. The third kappa shape index (κ3) is 4.87. The molecule has 2 heterocycles. The molecule has 0 aliphatic carbocycles. The molecule has 0 atom stereocenters. The monoisotopic (exact) mass is 505 g/mol. The van der Waals surface area contributed by atoms with Crippen LogP contribution in [0, 0.1) is 0 Å². The molecule has 35 heavy (non-hydrogen) atoms. The number of benzene rings is 3. The lowest BCUT2D eigenvalue weighted by molar-refractivity contribution is 0.0985. The van der Waals surface area contributed by atoms with Gasteiger partial charge in [-0.15, -0.1) is 0 Å². The van der Waals surface area contributed by atoms with Gasteiger partial charge in [-0.05, 0) is 66.8 Å². The second kappa shape index (κ2) is 9.89. The number of aryl methyl sites for hydroxylation is 1. The number of aromatic nitrogens is 1. The Hall–Kier alpha value is -3.07. The van der Waals surface area contributed by atoms with Crippen LogP contribution in [0.15, 0.2) is 77.7 Å². The summed E-state index contributed by atoms with van der Waals surface area (Å²) in [7, 11) is -3.53. The van der Waals surface area contributed by atoms with Gasteiger partial charge >= 0.3 is 0 Å². The lowest BCUT2D eigenvalue weighted by Crippen LogP contribution is -2.30. The van der Waals surface area contributed by atoms with Gasteiger partial charge in [0.15, 0.2) is 5.13 Å². The lowest BCUT2D eigenvalue weighted by atomic mass is 10.1. The average molecular weight is 506 g/mol. The number of nitrogens with zero attached hydrogens (tertiary/aromatic N) is 3. The minimum absolute atomic E-state index is 0.214. The van der Waals surface area contributed by atoms with Gasteiger partial charge in [-0.3, -0.25) is 9.69 Å². The first-order valence-corrected chi connectivity index (χ1v) is 14.1. The van der Waals surface area contributed by atoms with Crippen molar-refractivity contribution < 1.29 is 13.2 Å². The molecular formula is C27H27N3O3S2. The number of hydrogen-bond donors (Lipinski definition) is 0. The number of thiazole rings is 1. The van der Waals surface area contributed by atoms with E-state index in [2.05, 4.69) is 19.1 Å². The highest BCUT2D eigenvalue weighted by Crippen LogP contribution is 2.32. The van der Waals surface area contributed by atoms with Gasteiger partial charge in [-0.25, -0.2) is 13.4 Å². The zero-order valence-electron chi connectivity index (χ0n) is 19.6. The van der Waals surface area contributed by atoms with Crippen molar-refractivity contribution in [3.8, 4) is 0 Å². The molecule has 180 valence electrons. The van der Waals surface area contributed by atoms with Gasteiger partial charge in [0.1, 0.15) is 0 Å². The number of hydrogen-bond acceptors (Lipinski definition) is 5. The maximum Gasteiger partial charge on any atom is 0.260 e. The molecule has 0 radical (unpaired) electrons. The molecule has 1 fully saturated rings. The van der Waals surface area contributed by atoms with E-state index in [0.717, 1.165) is 35.0 Å². The largest absolute Gasteiger partial charge is 0.279 e. The van der Waals surface area contributed by atoms with Crippen molar-refractivity contribution in [3.63, 3.8) is 0 Å². The molecule has 8 heteroatoms. The Kier molecular flexibility index (Phi) is 6.69. The predicted octanol–water partition coefficient (Wildman–Crippen LogP) is 5.49. The Labute approximate surface area is 209 Å². The molecule has 1 aromatic heterocycles. The van der Waals surface area contributed by atoms with E-state index in [9.17, 15) is 13.2 Å². The van der Waals surface area contributed by atoms with Crippen LogP contribution >= 0.6 is 11.3 Å². The molecule has 4 aromatic rings. The Morgan fingerprint density at radius 2 is 1.69 bits per heavy atom. The third-order valence-electron chi connectivity index (χ3n) is 6.31. The molecule has 0 bridgehead atoms. The van der Waals surface area contributed by atoms with E-state index in [1.54, 1.807) is 17.0 Å². The molecule has 1 saturated heterocycles. The minimum Gasteiger partial charge on any atom is -0.279 e. The van der Waals surface area contributed by atoms with Gasteiger partial charge < -0.3 is 0 Å². The molecule has 1 aliphatic heterocycles. The zero-order valence-corrected chi connectivity index (χ0v) is 21.2. The molecule has 0 saturated carbocycles. The summed E-state index contributed by atoms with van der Waals surface area (Å²) in [5.74, 6) is -0.214. The number of anilines is 1. The first kappa shape index (κ1) is 23.7. The molecule has 6 nitrogen and oxygen atoms in total. The van der Waals surface area contributed by atoms with E-state index in [1.807, 2.05) is 36.4 Å². The fourth-order valence-electron chi connectivity index (χ4n) is 4.29. The summed E-state index contributed by atoms with van der Waals surface area (Å²) in [5, 5.41) is 0.621. The highest BCUT2D eigenvalue weighted by molar-refractivity contribution is 7.89. The van der Waals surface area contributed by atoms with Gasteiger partial charge in [-0.1, -0.05) is 54.7 Å². The first-order chi connectivity index (χ1) is 17.0. The number of carbonyl (C=O) groups excluding carboxylic acids is 1. The van der Waals surface area contributed by atoms with Crippen molar-refractivity contribution in [1.82, 2.24) is 9.29 Å². The van der Waals surface area contributed by atoms with Crippen molar-refractivity contribution in [2.24, 2.45) is 0 Å². The number of rotatable bonds is 7. The van der Waals surface area contributed by atoms with Crippen LogP contribution in [0.5, 0.6) is 0 Å². The topological polar surface area (TPSA) is 70.6 Å². The average Bonchev–Trinajstić information content (AvgIpc) is 3.58. The third-order valence-corrected chi connectivity index (χ3v) is 9.27. The summed E-state index contributed by atoms with van der Waals surface area (Å²) in [6.45, 7) is 3.58. The van der Waals surface area contributed by atoms with Crippen molar-refractivity contribution in [2.45, 2.75) is 37.6 Å². The van der Waals surface area contributed by atoms with E-state index >= 15 is 0 Å². The summed E-state index contributed by atoms with van der Waals surface area (Å²) in [6, 6.07) is 22.3. The van der Waals surface area contributed by atoms with Crippen LogP contribution in [0.2, 0.25) is 0 Å². The Balaban J connectivity index is 1.48. The van der Waals surface area contributed by atoms with Crippen LogP contribution in [0.4, 0.5) is 5.13 Å². The van der Waals surface area contributed by atoms with Crippen LogP contribution in [-0.4, -0.2) is 36.7 Å². The van der Waals surface area contributed by atoms with Gasteiger partial charge in [-0.2, -0.15) is 4.31 Å². The highest BCUT2D eigenvalue weighted by Gasteiger charge is 2.28. The SMILES string of the molecule is CCc1ccc2nc(N(Cc3ccccc3)C(=O)c3ccc(S(=O)(=O)N4CCCC4)cc3)sc2c1. The molecular weight excluding hydrogens is 478 g/mol. The van der Waals surface area contributed by atoms with Crippen LogP contribution in [0.25, 0.3) is 10.2 Å². The Morgan fingerprint density at radius 1 is 0.971 bits per heavy atom. The summed E-state index contributed by atoms with van der Waals surface area (Å²) in [5.41, 5.74) is 3.50. The summed E-state index contributed by atoms with van der Waals surface area (Å²) >= 11 is 1.49. The van der Waals surface area contributed by atoms with Crippen molar-refractivity contribution in [3.05, 3.63) is 89.5 Å². The fourth-order valence-corrected chi connectivity index (χ4v) is 6.83. The van der Waals surface area contributed by atoms with Gasteiger partial charge in [0.2, 0.25) is 10.0 Å². The van der Waals surface area contributed by atoms with Crippen LogP contribution in [0.1, 0.15) is 41.3 Å². The molecule has 1 aliphatic rings. The molecule has 0 unspecified atom stereocenters.